The van der Waals surface area contributed by atoms with Gasteiger partial charge in [0.1, 0.15) is 0 Å². The van der Waals surface area contributed by atoms with E-state index in [-0.39, 0.29) is 0 Å². The van der Waals surface area contributed by atoms with Gasteiger partial charge in [0.25, 0.3) is 0 Å². The molecular formula is C20H26N2O. The molecule has 3 nitrogen and oxygen atoms in total. The van der Waals surface area contributed by atoms with Crippen LogP contribution < -0.4 is 5.32 Å². The van der Waals surface area contributed by atoms with E-state index in [4.69, 9.17) is 4.74 Å². The maximum Gasteiger partial charge on any atom is 0.0715 e. The molecule has 1 N–H and O–H groups in total. The fraction of sp³-hybridized carbons (Fsp3) is 0.400. The van der Waals surface area contributed by atoms with Crippen molar-refractivity contribution < 1.29 is 4.74 Å². The number of nitrogens with zero attached hydrogens (tertiary/aromatic N) is 1. The van der Waals surface area contributed by atoms with Crippen LogP contribution >= 0.6 is 0 Å². The molecule has 2 aromatic rings. The molecule has 3 heteroatoms. The molecule has 2 aromatic carbocycles. The quantitative estimate of drug-likeness (QED) is 0.887. The molecule has 1 saturated heterocycles. The number of methoxy groups -OCH3 is 1. The highest BCUT2D eigenvalue weighted by molar-refractivity contribution is 5.30. The second kappa shape index (κ2) is 8.25. The average Bonchev–Trinajstić information content (AvgIpc) is 2.63. The van der Waals surface area contributed by atoms with Gasteiger partial charge in [0.05, 0.1) is 6.61 Å². The lowest BCUT2D eigenvalue weighted by Gasteiger charge is -2.35. The summed E-state index contributed by atoms with van der Waals surface area (Å²) in [7, 11) is 1.77. The van der Waals surface area contributed by atoms with Gasteiger partial charge in [-0.05, 0) is 23.1 Å². The van der Waals surface area contributed by atoms with E-state index >= 15 is 0 Å². The summed E-state index contributed by atoms with van der Waals surface area (Å²) in [5.74, 6) is 0. The fourth-order valence-electron chi connectivity index (χ4n) is 3.39. The van der Waals surface area contributed by atoms with E-state index in [0.29, 0.717) is 12.6 Å². The molecule has 0 saturated carbocycles. The largest absolute Gasteiger partial charge is 0.380 e. The molecule has 0 radical (unpaired) electrons. The lowest BCUT2D eigenvalue weighted by Crippen LogP contribution is -2.45. The third kappa shape index (κ3) is 4.20. The van der Waals surface area contributed by atoms with Gasteiger partial charge in [-0.3, -0.25) is 4.90 Å². The first kappa shape index (κ1) is 16.2. The summed E-state index contributed by atoms with van der Waals surface area (Å²) >= 11 is 0. The third-order valence-electron chi connectivity index (χ3n) is 4.61. The lowest BCUT2D eigenvalue weighted by atomic mass is 9.94. The Morgan fingerprint density at radius 3 is 2.30 bits per heavy atom. The zero-order valence-electron chi connectivity index (χ0n) is 13.9. The van der Waals surface area contributed by atoms with Gasteiger partial charge in [-0.15, -0.1) is 0 Å². The predicted molar refractivity (Wildman–Crippen MR) is 94.5 cm³/mol. The van der Waals surface area contributed by atoms with Crippen LogP contribution in [0.4, 0.5) is 0 Å². The first-order valence-corrected chi connectivity index (χ1v) is 8.44. The number of hydrogen-bond donors (Lipinski definition) is 1. The Bertz CT molecular complexity index is 594. The second-order valence-corrected chi connectivity index (χ2v) is 6.12. The Morgan fingerprint density at radius 2 is 1.61 bits per heavy atom. The number of nitrogens with one attached hydrogen (secondary N) is 1. The van der Waals surface area contributed by atoms with Gasteiger partial charge >= 0.3 is 0 Å². The van der Waals surface area contributed by atoms with Gasteiger partial charge < -0.3 is 10.1 Å². The molecule has 1 aliphatic rings. The smallest absolute Gasteiger partial charge is 0.0715 e. The van der Waals surface area contributed by atoms with E-state index in [0.717, 1.165) is 32.6 Å². The zero-order valence-corrected chi connectivity index (χ0v) is 13.9. The van der Waals surface area contributed by atoms with E-state index in [9.17, 15) is 0 Å². The summed E-state index contributed by atoms with van der Waals surface area (Å²) < 4.78 is 5.38. The third-order valence-corrected chi connectivity index (χ3v) is 4.61. The molecule has 1 atom stereocenters. The van der Waals surface area contributed by atoms with Crippen molar-refractivity contribution in [1.29, 1.82) is 0 Å². The monoisotopic (exact) mass is 310 g/mol. The Balaban J connectivity index is 1.86. The Morgan fingerprint density at radius 1 is 0.957 bits per heavy atom. The van der Waals surface area contributed by atoms with Crippen LogP contribution in [0.15, 0.2) is 54.6 Å². The van der Waals surface area contributed by atoms with Crippen molar-refractivity contribution in [2.24, 2.45) is 0 Å². The van der Waals surface area contributed by atoms with Crippen LogP contribution in [0.2, 0.25) is 0 Å². The van der Waals surface area contributed by atoms with Gasteiger partial charge in [-0.25, -0.2) is 0 Å². The van der Waals surface area contributed by atoms with Crippen molar-refractivity contribution in [3.05, 3.63) is 71.3 Å². The molecule has 3 rings (SSSR count). The highest BCUT2D eigenvalue weighted by atomic mass is 16.5. The number of rotatable bonds is 6. The summed E-state index contributed by atoms with van der Waals surface area (Å²) in [6.07, 6.45) is 1.03. The van der Waals surface area contributed by atoms with E-state index in [1.807, 2.05) is 0 Å². The maximum absolute atomic E-state index is 5.38. The van der Waals surface area contributed by atoms with Crippen LogP contribution in [0.5, 0.6) is 0 Å². The molecule has 1 unspecified atom stereocenters. The van der Waals surface area contributed by atoms with Crippen molar-refractivity contribution in [1.82, 2.24) is 10.2 Å². The topological polar surface area (TPSA) is 24.5 Å². The lowest BCUT2D eigenvalue weighted by molar-refractivity contribution is 0.168. The highest BCUT2D eigenvalue weighted by Crippen LogP contribution is 2.27. The van der Waals surface area contributed by atoms with Gasteiger partial charge in [0.2, 0.25) is 0 Å². The van der Waals surface area contributed by atoms with Gasteiger partial charge in [0.15, 0.2) is 0 Å². The molecule has 1 fully saturated rings. The molecule has 0 aliphatic carbocycles. The Kier molecular flexibility index (Phi) is 5.81. The molecule has 1 heterocycles. The molecule has 0 spiro atoms. The summed E-state index contributed by atoms with van der Waals surface area (Å²) in [5.41, 5.74) is 4.09. The summed E-state index contributed by atoms with van der Waals surface area (Å²) in [4.78, 5) is 2.61. The van der Waals surface area contributed by atoms with Gasteiger partial charge in [-0.1, -0.05) is 54.6 Å². The zero-order chi connectivity index (χ0) is 15.9. The van der Waals surface area contributed by atoms with E-state index in [1.54, 1.807) is 7.11 Å². The van der Waals surface area contributed by atoms with Crippen molar-refractivity contribution >= 4 is 0 Å². The molecule has 122 valence electrons. The standard InChI is InChI=1S/C20H26N2O/c1-23-16-19-10-6-5-9-18(19)15-20(17-7-3-2-4-8-17)22-13-11-21-12-14-22/h2-10,20-21H,11-16H2,1H3. The van der Waals surface area contributed by atoms with Crippen LogP contribution in [0.3, 0.4) is 0 Å². The molecule has 23 heavy (non-hydrogen) atoms. The van der Waals surface area contributed by atoms with Gasteiger partial charge in [-0.2, -0.15) is 0 Å². The van der Waals surface area contributed by atoms with Crippen LogP contribution in [0.1, 0.15) is 22.7 Å². The minimum Gasteiger partial charge on any atom is -0.380 e. The van der Waals surface area contributed by atoms with Crippen molar-refractivity contribution in [3.63, 3.8) is 0 Å². The maximum atomic E-state index is 5.38. The number of benzene rings is 2. The molecule has 0 amide bonds. The average molecular weight is 310 g/mol. The van der Waals surface area contributed by atoms with Crippen molar-refractivity contribution in [2.75, 3.05) is 33.3 Å². The summed E-state index contributed by atoms with van der Waals surface area (Å²) in [5, 5.41) is 3.45. The van der Waals surface area contributed by atoms with Crippen LogP contribution in [0, 0.1) is 0 Å². The highest BCUT2D eigenvalue weighted by Gasteiger charge is 2.23. The molecule has 0 aromatic heterocycles. The van der Waals surface area contributed by atoms with E-state index < -0.39 is 0 Å². The van der Waals surface area contributed by atoms with E-state index in [1.165, 1.54) is 16.7 Å². The first-order valence-electron chi connectivity index (χ1n) is 8.44. The number of ether oxygens (including phenoxy) is 1. The normalized spacial score (nSPS) is 17.1. The Hall–Kier alpha value is -1.68. The summed E-state index contributed by atoms with van der Waals surface area (Å²) in [6, 6.07) is 20.0. The molecular weight excluding hydrogens is 284 g/mol. The minimum atomic E-state index is 0.427. The van der Waals surface area contributed by atoms with Crippen molar-refractivity contribution in [3.8, 4) is 0 Å². The van der Waals surface area contributed by atoms with Crippen LogP contribution in [-0.4, -0.2) is 38.2 Å². The predicted octanol–water partition coefficient (Wildman–Crippen LogP) is 3.02. The fourth-order valence-corrected chi connectivity index (χ4v) is 3.39. The van der Waals surface area contributed by atoms with Crippen LogP contribution in [-0.2, 0) is 17.8 Å². The minimum absolute atomic E-state index is 0.427. The SMILES string of the molecule is COCc1ccccc1CC(c1ccccc1)N1CCNCC1. The Labute approximate surface area is 139 Å². The number of hydrogen-bond acceptors (Lipinski definition) is 3. The second-order valence-electron chi connectivity index (χ2n) is 6.12. The summed E-state index contributed by atoms with van der Waals surface area (Å²) in [6.45, 7) is 5.03. The van der Waals surface area contributed by atoms with E-state index in [2.05, 4.69) is 64.8 Å². The van der Waals surface area contributed by atoms with Crippen LogP contribution in [0.25, 0.3) is 0 Å². The number of piperazine rings is 1. The first-order chi connectivity index (χ1) is 11.4. The van der Waals surface area contributed by atoms with Crippen molar-refractivity contribution in [2.45, 2.75) is 19.1 Å². The van der Waals surface area contributed by atoms with Gasteiger partial charge in [0, 0.05) is 39.3 Å². The molecule has 0 bridgehead atoms. The molecule has 1 aliphatic heterocycles.